The number of amides is 2. The highest BCUT2D eigenvalue weighted by Crippen LogP contribution is 2.16. The van der Waals surface area contributed by atoms with Gasteiger partial charge in [-0.1, -0.05) is 6.07 Å². The number of carboxylic acids is 1. The van der Waals surface area contributed by atoms with Crippen molar-refractivity contribution in [3.05, 3.63) is 29.6 Å². The van der Waals surface area contributed by atoms with Crippen LogP contribution in [0.5, 0.6) is 0 Å². The van der Waals surface area contributed by atoms with Gasteiger partial charge in [-0.25, -0.2) is 14.6 Å². The van der Waals surface area contributed by atoms with Crippen molar-refractivity contribution < 1.29 is 19.8 Å². The minimum absolute atomic E-state index is 0.0175. The Bertz CT molecular complexity index is 495. The Labute approximate surface area is 122 Å². The Balaban J connectivity index is 1.80. The Morgan fingerprint density at radius 2 is 2.05 bits per heavy atom. The normalized spacial score (nSPS) is 15.8. The maximum Gasteiger partial charge on any atom is 0.354 e. The molecule has 0 unspecified atom stereocenters. The number of urea groups is 1. The summed E-state index contributed by atoms with van der Waals surface area (Å²) < 4.78 is 0. The number of nitrogens with zero attached hydrogens (tertiary/aromatic N) is 2. The van der Waals surface area contributed by atoms with E-state index >= 15 is 0 Å². The number of nitrogens with one attached hydrogen (secondary N) is 1. The van der Waals surface area contributed by atoms with Gasteiger partial charge in [-0.3, -0.25) is 0 Å². The zero-order valence-electron chi connectivity index (χ0n) is 11.7. The van der Waals surface area contributed by atoms with E-state index in [0.29, 0.717) is 25.6 Å². The van der Waals surface area contributed by atoms with Gasteiger partial charge in [0.05, 0.1) is 0 Å². The number of pyridine rings is 1. The molecule has 21 heavy (non-hydrogen) atoms. The van der Waals surface area contributed by atoms with Crippen molar-refractivity contribution in [2.45, 2.75) is 19.4 Å². The highest BCUT2D eigenvalue weighted by Gasteiger charge is 2.21. The van der Waals surface area contributed by atoms with E-state index in [2.05, 4.69) is 10.3 Å². The zero-order valence-corrected chi connectivity index (χ0v) is 11.7. The SMILES string of the molecule is O=C(O)c1ccc(CNC(=O)N2CCC(CO)CC2)cn1. The van der Waals surface area contributed by atoms with E-state index in [1.54, 1.807) is 11.0 Å². The molecule has 1 fully saturated rings. The quantitative estimate of drug-likeness (QED) is 0.758. The van der Waals surface area contributed by atoms with Crippen LogP contribution in [0.4, 0.5) is 4.79 Å². The van der Waals surface area contributed by atoms with Crippen LogP contribution < -0.4 is 5.32 Å². The number of carbonyl (C=O) groups is 2. The van der Waals surface area contributed by atoms with E-state index in [9.17, 15) is 9.59 Å². The number of aliphatic hydroxyl groups excluding tert-OH is 1. The summed E-state index contributed by atoms with van der Waals surface area (Å²) in [5, 5.41) is 20.6. The lowest BCUT2D eigenvalue weighted by atomic mass is 9.98. The highest BCUT2D eigenvalue weighted by atomic mass is 16.4. The number of aromatic carboxylic acids is 1. The second-order valence-electron chi connectivity index (χ2n) is 5.13. The summed E-state index contributed by atoms with van der Waals surface area (Å²) in [5.41, 5.74) is 0.731. The third-order valence-electron chi connectivity index (χ3n) is 3.65. The molecule has 0 spiro atoms. The van der Waals surface area contributed by atoms with Crippen LogP contribution in [0.1, 0.15) is 28.9 Å². The molecule has 1 aliphatic rings. The Hall–Kier alpha value is -2.15. The smallest absolute Gasteiger partial charge is 0.354 e. The first-order chi connectivity index (χ1) is 10.1. The molecule has 114 valence electrons. The molecule has 2 rings (SSSR count). The van der Waals surface area contributed by atoms with Gasteiger partial charge in [0, 0.05) is 32.4 Å². The first-order valence-electron chi connectivity index (χ1n) is 6.92. The lowest BCUT2D eigenvalue weighted by molar-refractivity contribution is 0.0690. The molecule has 0 aliphatic carbocycles. The predicted molar refractivity (Wildman–Crippen MR) is 74.8 cm³/mol. The summed E-state index contributed by atoms with van der Waals surface area (Å²) in [7, 11) is 0. The molecule has 0 radical (unpaired) electrons. The van der Waals surface area contributed by atoms with Gasteiger partial charge >= 0.3 is 12.0 Å². The Morgan fingerprint density at radius 1 is 1.33 bits per heavy atom. The number of hydrogen-bond acceptors (Lipinski definition) is 4. The van der Waals surface area contributed by atoms with Gasteiger partial charge in [-0.15, -0.1) is 0 Å². The lowest BCUT2D eigenvalue weighted by Gasteiger charge is -2.31. The van der Waals surface area contributed by atoms with Crippen molar-refractivity contribution in [2.75, 3.05) is 19.7 Å². The van der Waals surface area contributed by atoms with Crippen LogP contribution in [0.2, 0.25) is 0 Å². The molecule has 0 aromatic carbocycles. The first-order valence-corrected chi connectivity index (χ1v) is 6.92. The van der Waals surface area contributed by atoms with Crippen LogP contribution >= 0.6 is 0 Å². The molecule has 2 amide bonds. The third-order valence-corrected chi connectivity index (χ3v) is 3.65. The fourth-order valence-corrected chi connectivity index (χ4v) is 2.26. The average Bonchev–Trinajstić information content (AvgIpc) is 2.53. The van der Waals surface area contributed by atoms with Crippen molar-refractivity contribution in [1.29, 1.82) is 0 Å². The number of carbonyl (C=O) groups excluding carboxylic acids is 1. The molecule has 7 nitrogen and oxygen atoms in total. The molecule has 7 heteroatoms. The summed E-state index contributed by atoms with van der Waals surface area (Å²) in [6.07, 6.45) is 3.08. The topological polar surface area (TPSA) is 103 Å². The summed E-state index contributed by atoms with van der Waals surface area (Å²) in [6.45, 7) is 1.78. The molecule has 1 aromatic rings. The minimum Gasteiger partial charge on any atom is -0.477 e. The predicted octanol–water partition coefficient (Wildman–Crippen LogP) is 0.694. The molecule has 1 aliphatic heterocycles. The van der Waals surface area contributed by atoms with Crippen LogP contribution in [-0.4, -0.2) is 51.8 Å². The zero-order chi connectivity index (χ0) is 15.2. The summed E-state index contributed by atoms with van der Waals surface area (Å²) in [5.74, 6) is -0.779. The molecule has 0 saturated carbocycles. The van der Waals surface area contributed by atoms with Crippen LogP contribution in [-0.2, 0) is 6.54 Å². The number of likely N-dealkylation sites (tertiary alicyclic amines) is 1. The van der Waals surface area contributed by atoms with Gasteiger partial charge in [0.15, 0.2) is 0 Å². The standard InChI is InChI=1S/C14H19N3O4/c18-9-10-3-5-17(6-4-10)14(21)16-8-11-1-2-12(13(19)20)15-7-11/h1-2,7,10,18H,3-6,8-9H2,(H,16,21)(H,19,20). The van der Waals surface area contributed by atoms with Crippen molar-refractivity contribution in [1.82, 2.24) is 15.2 Å². The fourth-order valence-electron chi connectivity index (χ4n) is 2.26. The van der Waals surface area contributed by atoms with Crippen molar-refractivity contribution in [3.8, 4) is 0 Å². The molecule has 0 atom stereocenters. The average molecular weight is 293 g/mol. The van der Waals surface area contributed by atoms with Crippen LogP contribution in [0.3, 0.4) is 0 Å². The number of rotatable bonds is 4. The molecular formula is C14H19N3O4. The third kappa shape index (κ3) is 4.16. The largest absolute Gasteiger partial charge is 0.477 e. The van der Waals surface area contributed by atoms with E-state index in [4.69, 9.17) is 10.2 Å². The molecule has 0 bridgehead atoms. The number of aromatic nitrogens is 1. The van der Waals surface area contributed by atoms with Gasteiger partial charge < -0.3 is 20.4 Å². The van der Waals surface area contributed by atoms with Gasteiger partial charge in [0.2, 0.25) is 0 Å². The van der Waals surface area contributed by atoms with E-state index < -0.39 is 5.97 Å². The lowest BCUT2D eigenvalue weighted by Crippen LogP contribution is -2.44. The number of carboxylic acid groups (broad SMARTS) is 1. The van der Waals surface area contributed by atoms with Crippen molar-refractivity contribution in [2.24, 2.45) is 5.92 Å². The molecule has 3 N–H and O–H groups in total. The molecular weight excluding hydrogens is 274 g/mol. The summed E-state index contributed by atoms with van der Waals surface area (Å²) >= 11 is 0. The van der Waals surface area contributed by atoms with E-state index in [1.807, 2.05) is 0 Å². The molecule has 1 saturated heterocycles. The van der Waals surface area contributed by atoms with Crippen LogP contribution in [0.15, 0.2) is 18.3 Å². The van der Waals surface area contributed by atoms with Gasteiger partial charge in [-0.2, -0.15) is 0 Å². The van der Waals surface area contributed by atoms with Crippen LogP contribution in [0, 0.1) is 5.92 Å². The fraction of sp³-hybridized carbons (Fsp3) is 0.500. The van der Waals surface area contributed by atoms with Gasteiger partial charge in [-0.05, 0) is 30.4 Å². The maximum atomic E-state index is 12.0. The molecule has 1 aromatic heterocycles. The number of hydrogen-bond donors (Lipinski definition) is 3. The van der Waals surface area contributed by atoms with Gasteiger partial charge in [0.25, 0.3) is 0 Å². The second kappa shape index (κ2) is 7.03. The summed E-state index contributed by atoms with van der Waals surface area (Å²) in [6, 6.07) is 2.90. The number of aliphatic hydroxyl groups is 1. The second-order valence-corrected chi connectivity index (χ2v) is 5.13. The van der Waals surface area contributed by atoms with E-state index in [-0.39, 0.29) is 18.3 Å². The van der Waals surface area contributed by atoms with Crippen LogP contribution in [0.25, 0.3) is 0 Å². The Kier molecular flexibility index (Phi) is 5.10. The Morgan fingerprint density at radius 3 is 2.57 bits per heavy atom. The van der Waals surface area contributed by atoms with Crippen molar-refractivity contribution >= 4 is 12.0 Å². The monoisotopic (exact) mass is 293 g/mol. The van der Waals surface area contributed by atoms with Gasteiger partial charge in [0.1, 0.15) is 5.69 Å². The first kappa shape index (κ1) is 15.2. The summed E-state index contributed by atoms with van der Waals surface area (Å²) in [4.78, 5) is 28.2. The highest BCUT2D eigenvalue weighted by molar-refractivity contribution is 5.85. The van der Waals surface area contributed by atoms with Crippen molar-refractivity contribution in [3.63, 3.8) is 0 Å². The minimum atomic E-state index is -1.07. The molecule has 2 heterocycles. The maximum absolute atomic E-state index is 12.0. The van der Waals surface area contributed by atoms with E-state index in [0.717, 1.165) is 18.4 Å². The number of piperidine rings is 1. The van der Waals surface area contributed by atoms with E-state index in [1.165, 1.54) is 12.3 Å².